The molecule has 0 aromatic rings. The maximum absolute atomic E-state index is 8.68. The van der Waals surface area contributed by atoms with E-state index >= 15 is 0 Å². The number of aliphatic hydroxyl groups excluding tert-OH is 1. The van der Waals surface area contributed by atoms with Crippen molar-refractivity contribution in [2.45, 2.75) is 13.8 Å². The van der Waals surface area contributed by atoms with Crippen molar-refractivity contribution < 1.29 is 5.11 Å². The first-order valence-electron chi connectivity index (χ1n) is 3.22. The van der Waals surface area contributed by atoms with Crippen LogP contribution in [0, 0.1) is 0 Å². The third kappa shape index (κ3) is 2.19. The smallest absolute Gasteiger partial charge is 0.0678 e. The van der Waals surface area contributed by atoms with Gasteiger partial charge in [-0.1, -0.05) is 19.2 Å². The van der Waals surface area contributed by atoms with Crippen LogP contribution in [0.2, 0.25) is 0 Å². The summed E-state index contributed by atoms with van der Waals surface area (Å²) in [6.07, 6.45) is 1.76. The zero-order chi connectivity index (χ0) is 8.15. The summed E-state index contributed by atoms with van der Waals surface area (Å²) in [5, 5.41) is 8.68. The molecule has 1 N–H and O–H groups in total. The van der Waals surface area contributed by atoms with Gasteiger partial charge in [0.1, 0.15) is 0 Å². The molecule has 1 nitrogen and oxygen atoms in total. The molecule has 0 bridgehead atoms. The van der Waals surface area contributed by atoms with Crippen molar-refractivity contribution in [1.29, 1.82) is 0 Å². The fourth-order valence-electron chi connectivity index (χ4n) is 0.551. The van der Waals surface area contributed by atoms with E-state index in [1.165, 1.54) is 0 Å². The highest BCUT2D eigenvalue weighted by Gasteiger charge is 1.96. The Labute approximate surface area is 62.4 Å². The van der Waals surface area contributed by atoms with Crippen LogP contribution in [0.4, 0.5) is 0 Å². The first-order chi connectivity index (χ1) is 4.63. The molecule has 0 radical (unpaired) electrons. The van der Waals surface area contributed by atoms with E-state index in [1.54, 1.807) is 6.08 Å². The van der Waals surface area contributed by atoms with Crippen molar-refractivity contribution >= 4 is 0 Å². The van der Waals surface area contributed by atoms with Crippen molar-refractivity contribution in [3.05, 3.63) is 36.0 Å². The normalized spacial score (nSPS) is 12.3. The fraction of sp³-hybridized carbons (Fsp3) is 0.333. The molecule has 0 fully saturated rings. The average molecular weight is 138 g/mol. The third-order valence-corrected chi connectivity index (χ3v) is 1.62. The van der Waals surface area contributed by atoms with E-state index in [2.05, 4.69) is 13.2 Å². The van der Waals surface area contributed by atoms with Gasteiger partial charge >= 0.3 is 0 Å². The minimum Gasteiger partial charge on any atom is -0.392 e. The Morgan fingerprint density at radius 2 is 2.00 bits per heavy atom. The van der Waals surface area contributed by atoms with Crippen LogP contribution in [0.3, 0.4) is 0 Å². The van der Waals surface area contributed by atoms with Crippen molar-refractivity contribution in [2.75, 3.05) is 6.61 Å². The van der Waals surface area contributed by atoms with E-state index in [1.807, 2.05) is 13.8 Å². The van der Waals surface area contributed by atoms with E-state index in [0.717, 1.165) is 16.7 Å². The Bertz CT molecular complexity index is 175. The maximum atomic E-state index is 8.68. The van der Waals surface area contributed by atoms with Gasteiger partial charge < -0.3 is 5.11 Å². The molecule has 0 heterocycles. The quantitative estimate of drug-likeness (QED) is 0.592. The van der Waals surface area contributed by atoms with Crippen LogP contribution >= 0.6 is 0 Å². The Kier molecular flexibility index (Phi) is 3.74. The van der Waals surface area contributed by atoms with Gasteiger partial charge in [0, 0.05) is 0 Å². The lowest BCUT2D eigenvalue weighted by Gasteiger charge is -2.03. The molecule has 0 aliphatic heterocycles. The molecule has 0 saturated carbocycles. The molecule has 0 amide bonds. The van der Waals surface area contributed by atoms with Crippen LogP contribution in [-0.4, -0.2) is 11.7 Å². The summed E-state index contributed by atoms with van der Waals surface area (Å²) in [6.45, 7) is 11.2. The Morgan fingerprint density at radius 3 is 2.30 bits per heavy atom. The second-order valence-corrected chi connectivity index (χ2v) is 2.27. The highest BCUT2D eigenvalue weighted by molar-refractivity contribution is 5.35. The van der Waals surface area contributed by atoms with E-state index in [4.69, 9.17) is 5.11 Å². The first-order valence-corrected chi connectivity index (χ1v) is 3.22. The van der Waals surface area contributed by atoms with Crippen molar-refractivity contribution in [2.24, 2.45) is 0 Å². The number of allylic oxidation sites excluding steroid dienone is 2. The molecule has 1 heteroatoms. The average Bonchev–Trinajstić information content (AvgIpc) is 2.00. The second-order valence-electron chi connectivity index (χ2n) is 2.27. The van der Waals surface area contributed by atoms with Gasteiger partial charge in [-0.15, -0.1) is 0 Å². The SMILES string of the molecule is C=C/C(C)=C(/C)C(=C)CO. The molecular formula is C9H14O. The minimum absolute atomic E-state index is 0.0248. The summed E-state index contributed by atoms with van der Waals surface area (Å²) in [5.41, 5.74) is 2.86. The van der Waals surface area contributed by atoms with Gasteiger partial charge in [-0.3, -0.25) is 0 Å². The van der Waals surface area contributed by atoms with E-state index < -0.39 is 0 Å². The lowest BCUT2D eigenvalue weighted by molar-refractivity contribution is 0.334. The highest BCUT2D eigenvalue weighted by atomic mass is 16.3. The fourth-order valence-corrected chi connectivity index (χ4v) is 0.551. The van der Waals surface area contributed by atoms with Crippen LogP contribution in [0.25, 0.3) is 0 Å². The van der Waals surface area contributed by atoms with E-state index in [-0.39, 0.29) is 6.61 Å². The Hall–Kier alpha value is -0.820. The van der Waals surface area contributed by atoms with E-state index in [9.17, 15) is 0 Å². The Balaban J connectivity index is 4.45. The van der Waals surface area contributed by atoms with Crippen LogP contribution in [0.5, 0.6) is 0 Å². The zero-order valence-corrected chi connectivity index (χ0v) is 6.65. The predicted octanol–water partition coefficient (Wildman–Crippen LogP) is 2.06. The number of hydrogen-bond acceptors (Lipinski definition) is 1. The molecule has 0 saturated heterocycles. The number of hydrogen-bond donors (Lipinski definition) is 1. The summed E-state index contributed by atoms with van der Waals surface area (Å²) < 4.78 is 0. The molecule has 0 aliphatic carbocycles. The largest absolute Gasteiger partial charge is 0.392 e. The van der Waals surface area contributed by atoms with Gasteiger partial charge in [0.15, 0.2) is 0 Å². The molecule has 0 aromatic heterocycles. The monoisotopic (exact) mass is 138 g/mol. The van der Waals surface area contributed by atoms with Crippen LogP contribution in [0.15, 0.2) is 36.0 Å². The number of rotatable bonds is 3. The standard InChI is InChI=1S/C9H14O/c1-5-7(2)9(4)8(3)6-10/h5,10H,1,3,6H2,2,4H3/b9-7-. The van der Waals surface area contributed by atoms with Crippen molar-refractivity contribution in [1.82, 2.24) is 0 Å². The molecule has 0 rings (SSSR count). The highest BCUT2D eigenvalue weighted by Crippen LogP contribution is 2.11. The zero-order valence-electron chi connectivity index (χ0n) is 6.65. The summed E-state index contributed by atoms with van der Waals surface area (Å²) in [7, 11) is 0. The summed E-state index contributed by atoms with van der Waals surface area (Å²) >= 11 is 0. The summed E-state index contributed by atoms with van der Waals surface area (Å²) in [6, 6.07) is 0. The van der Waals surface area contributed by atoms with Gasteiger partial charge in [0.05, 0.1) is 6.61 Å². The molecule has 0 unspecified atom stereocenters. The lowest BCUT2D eigenvalue weighted by atomic mass is 10.1. The van der Waals surface area contributed by atoms with Crippen molar-refractivity contribution in [3.63, 3.8) is 0 Å². The molecule has 0 spiro atoms. The van der Waals surface area contributed by atoms with Crippen LogP contribution in [0.1, 0.15) is 13.8 Å². The molecule has 10 heavy (non-hydrogen) atoms. The maximum Gasteiger partial charge on any atom is 0.0678 e. The van der Waals surface area contributed by atoms with Crippen LogP contribution in [-0.2, 0) is 0 Å². The minimum atomic E-state index is 0.0248. The summed E-state index contributed by atoms with van der Waals surface area (Å²) in [5.74, 6) is 0. The predicted molar refractivity (Wildman–Crippen MR) is 44.8 cm³/mol. The molecule has 0 atom stereocenters. The Morgan fingerprint density at radius 1 is 1.50 bits per heavy atom. The van der Waals surface area contributed by atoms with Gasteiger partial charge in [-0.2, -0.15) is 0 Å². The van der Waals surface area contributed by atoms with Crippen molar-refractivity contribution in [3.8, 4) is 0 Å². The third-order valence-electron chi connectivity index (χ3n) is 1.62. The van der Waals surface area contributed by atoms with Gasteiger partial charge in [0.25, 0.3) is 0 Å². The van der Waals surface area contributed by atoms with E-state index in [0.29, 0.717) is 0 Å². The summed E-state index contributed by atoms with van der Waals surface area (Å²) in [4.78, 5) is 0. The number of aliphatic hydroxyl groups is 1. The van der Waals surface area contributed by atoms with Gasteiger partial charge in [-0.05, 0) is 30.6 Å². The first kappa shape index (κ1) is 9.18. The second kappa shape index (κ2) is 4.07. The van der Waals surface area contributed by atoms with Crippen LogP contribution < -0.4 is 0 Å². The topological polar surface area (TPSA) is 20.2 Å². The molecule has 0 aromatic carbocycles. The van der Waals surface area contributed by atoms with Gasteiger partial charge in [0.2, 0.25) is 0 Å². The molecule has 0 aliphatic rings. The lowest BCUT2D eigenvalue weighted by Crippen LogP contribution is -1.91. The molecule has 56 valence electrons. The molecular weight excluding hydrogens is 124 g/mol. The van der Waals surface area contributed by atoms with Gasteiger partial charge in [-0.25, -0.2) is 0 Å².